The molecule has 0 fully saturated rings. The van der Waals surface area contributed by atoms with Crippen LogP contribution in [0.2, 0.25) is 0 Å². The van der Waals surface area contributed by atoms with Crippen molar-refractivity contribution in [1.29, 1.82) is 0 Å². The Morgan fingerprint density at radius 2 is 1.86 bits per heavy atom. The molecule has 0 aliphatic rings. The zero-order chi connectivity index (χ0) is 9.80. The number of rotatable bonds is 2. The van der Waals surface area contributed by atoms with Crippen LogP contribution in [0.5, 0.6) is 0 Å². The van der Waals surface area contributed by atoms with Crippen LogP contribution in [0, 0.1) is 12.1 Å². The summed E-state index contributed by atoms with van der Waals surface area (Å²) in [6, 6.07) is 20.0. The smallest absolute Gasteiger partial charge is 0.193 e. The molecule has 0 atom stereocenters. The Balaban J connectivity index is 2.35. The summed E-state index contributed by atoms with van der Waals surface area (Å²) in [7, 11) is 0. The van der Waals surface area contributed by atoms with Gasteiger partial charge in [-0.2, -0.15) is 0 Å². The van der Waals surface area contributed by atoms with Crippen molar-refractivity contribution < 1.29 is 4.79 Å². The van der Waals surface area contributed by atoms with E-state index >= 15 is 0 Å². The van der Waals surface area contributed by atoms with Gasteiger partial charge in [-0.15, -0.1) is 0 Å². The van der Waals surface area contributed by atoms with Crippen molar-refractivity contribution in [3.05, 3.63) is 71.8 Å². The average molecular weight is 180 g/mol. The summed E-state index contributed by atoms with van der Waals surface area (Å²) in [5, 5.41) is 0. The molecule has 1 heteroatoms. The van der Waals surface area contributed by atoms with Gasteiger partial charge in [-0.05, 0) is 18.2 Å². The molecule has 0 saturated carbocycles. The molecule has 0 unspecified atom stereocenters. The maximum atomic E-state index is 11.8. The molecule has 0 aliphatic carbocycles. The molecule has 2 aromatic carbocycles. The molecule has 0 aromatic heterocycles. The molecule has 0 heterocycles. The van der Waals surface area contributed by atoms with Gasteiger partial charge < -0.3 is 0 Å². The van der Waals surface area contributed by atoms with Crippen LogP contribution in [0.3, 0.4) is 0 Å². The van der Waals surface area contributed by atoms with Crippen molar-refractivity contribution in [1.82, 2.24) is 0 Å². The minimum atomic E-state index is -0.0116. The van der Waals surface area contributed by atoms with Crippen molar-refractivity contribution in [2.75, 3.05) is 0 Å². The topological polar surface area (TPSA) is 17.1 Å². The number of hydrogen-bond acceptors (Lipinski definition) is 1. The first-order valence-electron chi connectivity index (χ1n) is 4.35. The second-order valence-corrected chi connectivity index (χ2v) is 2.90. The lowest BCUT2D eigenvalue weighted by Gasteiger charge is -1.98. The minimum absolute atomic E-state index is 0.0116. The standard InChI is InChI=1S/C13H8O/c14-13(11-7-3-1-4-8-11)12-9-5-2-6-10-12/h1-5,7-8,10H. The van der Waals surface area contributed by atoms with Crippen molar-refractivity contribution in [3.8, 4) is 0 Å². The zero-order valence-corrected chi connectivity index (χ0v) is 7.53. The van der Waals surface area contributed by atoms with Gasteiger partial charge in [0.1, 0.15) is 0 Å². The van der Waals surface area contributed by atoms with E-state index in [0.717, 1.165) is 0 Å². The van der Waals surface area contributed by atoms with Crippen molar-refractivity contribution >= 4 is 5.78 Å². The molecule has 2 radical (unpaired) electrons. The summed E-state index contributed by atoms with van der Waals surface area (Å²) in [6.45, 7) is 0. The Morgan fingerprint density at radius 1 is 1.07 bits per heavy atom. The van der Waals surface area contributed by atoms with E-state index in [1.165, 1.54) is 0 Å². The predicted octanol–water partition coefficient (Wildman–Crippen LogP) is 2.52. The van der Waals surface area contributed by atoms with E-state index in [0.29, 0.717) is 11.1 Å². The van der Waals surface area contributed by atoms with Crippen LogP contribution in [0.25, 0.3) is 0 Å². The molecular formula is C13H8O. The Morgan fingerprint density at radius 3 is 2.50 bits per heavy atom. The molecule has 0 bridgehead atoms. The summed E-state index contributed by atoms with van der Waals surface area (Å²) in [4.78, 5) is 11.8. The summed E-state index contributed by atoms with van der Waals surface area (Å²) in [5.41, 5.74) is 1.24. The third-order valence-electron chi connectivity index (χ3n) is 1.93. The number of benzene rings is 2. The third-order valence-corrected chi connectivity index (χ3v) is 1.93. The van der Waals surface area contributed by atoms with Crippen LogP contribution in [-0.4, -0.2) is 5.78 Å². The molecule has 0 N–H and O–H groups in total. The molecule has 1 nitrogen and oxygen atoms in total. The highest BCUT2D eigenvalue weighted by atomic mass is 16.1. The molecule has 0 aliphatic heterocycles. The molecule has 2 aromatic rings. The highest BCUT2D eigenvalue weighted by Gasteiger charge is 2.06. The SMILES string of the molecule is O=C(c1[c]cc[c]c1)c1ccccc1. The van der Waals surface area contributed by atoms with Gasteiger partial charge in [-0.3, -0.25) is 4.79 Å². The largest absolute Gasteiger partial charge is 0.289 e. The lowest BCUT2D eigenvalue weighted by molar-refractivity contribution is 0.103. The molecule has 0 saturated heterocycles. The quantitative estimate of drug-likeness (QED) is 0.649. The second kappa shape index (κ2) is 3.88. The molecule has 0 spiro atoms. The maximum absolute atomic E-state index is 11.8. The molecule has 0 amide bonds. The van der Waals surface area contributed by atoms with Crippen LogP contribution in [0.1, 0.15) is 15.9 Å². The van der Waals surface area contributed by atoms with E-state index in [1.807, 2.05) is 18.2 Å². The van der Waals surface area contributed by atoms with E-state index in [9.17, 15) is 4.79 Å². The number of carbonyl (C=O) groups is 1. The van der Waals surface area contributed by atoms with E-state index in [1.54, 1.807) is 30.3 Å². The van der Waals surface area contributed by atoms with Crippen molar-refractivity contribution in [3.63, 3.8) is 0 Å². The average Bonchev–Trinajstić information content (AvgIpc) is 2.30. The summed E-state index contributed by atoms with van der Waals surface area (Å²) in [5.74, 6) is -0.0116. The fourth-order valence-electron chi connectivity index (χ4n) is 1.23. The highest BCUT2D eigenvalue weighted by molar-refractivity contribution is 6.08. The van der Waals surface area contributed by atoms with Gasteiger partial charge in [-0.25, -0.2) is 0 Å². The zero-order valence-electron chi connectivity index (χ0n) is 7.53. The third kappa shape index (κ3) is 1.72. The van der Waals surface area contributed by atoms with Crippen LogP contribution < -0.4 is 0 Å². The first kappa shape index (κ1) is 8.70. The Hall–Kier alpha value is -1.89. The lowest BCUT2D eigenvalue weighted by Crippen LogP contribution is -2.00. The van der Waals surface area contributed by atoms with E-state index in [2.05, 4.69) is 12.1 Å². The van der Waals surface area contributed by atoms with Crippen molar-refractivity contribution in [2.24, 2.45) is 0 Å². The Bertz CT molecular complexity index is 376. The molecule has 66 valence electrons. The van der Waals surface area contributed by atoms with Crippen LogP contribution in [-0.2, 0) is 0 Å². The van der Waals surface area contributed by atoms with Gasteiger partial charge in [0, 0.05) is 11.1 Å². The monoisotopic (exact) mass is 180 g/mol. The molecule has 2 rings (SSSR count). The van der Waals surface area contributed by atoms with E-state index < -0.39 is 0 Å². The predicted molar refractivity (Wildman–Crippen MR) is 54.0 cm³/mol. The van der Waals surface area contributed by atoms with Gasteiger partial charge in [0.05, 0.1) is 0 Å². The number of hydrogen-bond donors (Lipinski definition) is 0. The number of carbonyl (C=O) groups excluding carboxylic acids is 1. The highest BCUT2D eigenvalue weighted by Crippen LogP contribution is 2.07. The fraction of sp³-hybridized carbons (Fsp3) is 0. The lowest BCUT2D eigenvalue weighted by atomic mass is 10.0. The molecule has 14 heavy (non-hydrogen) atoms. The Kier molecular flexibility index (Phi) is 2.41. The maximum Gasteiger partial charge on any atom is 0.193 e. The van der Waals surface area contributed by atoms with Gasteiger partial charge in [0.25, 0.3) is 0 Å². The van der Waals surface area contributed by atoms with Crippen LogP contribution in [0.4, 0.5) is 0 Å². The van der Waals surface area contributed by atoms with Gasteiger partial charge in [0.15, 0.2) is 5.78 Å². The first-order valence-corrected chi connectivity index (χ1v) is 4.35. The van der Waals surface area contributed by atoms with Crippen LogP contribution in [0.15, 0.2) is 48.5 Å². The van der Waals surface area contributed by atoms with E-state index in [-0.39, 0.29) is 5.78 Å². The van der Waals surface area contributed by atoms with Gasteiger partial charge in [0.2, 0.25) is 0 Å². The Labute approximate surface area is 83.0 Å². The normalized spacial score (nSPS) is 9.71. The number of ketones is 1. The van der Waals surface area contributed by atoms with Crippen molar-refractivity contribution in [2.45, 2.75) is 0 Å². The minimum Gasteiger partial charge on any atom is -0.289 e. The van der Waals surface area contributed by atoms with E-state index in [4.69, 9.17) is 0 Å². The van der Waals surface area contributed by atoms with Crippen LogP contribution >= 0.6 is 0 Å². The first-order chi connectivity index (χ1) is 6.88. The molecular weight excluding hydrogens is 172 g/mol. The summed E-state index contributed by atoms with van der Waals surface area (Å²) < 4.78 is 0. The summed E-state index contributed by atoms with van der Waals surface area (Å²) >= 11 is 0. The van der Waals surface area contributed by atoms with Gasteiger partial charge >= 0.3 is 0 Å². The summed E-state index contributed by atoms with van der Waals surface area (Å²) in [6.07, 6.45) is 0. The fourth-order valence-corrected chi connectivity index (χ4v) is 1.23. The second-order valence-electron chi connectivity index (χ2n) is 2.90. The van der Waals surface area contributed by atoms with Gasteiger partial charge in [-0.1, -0.05) is 42.5 Å².